The topological polar surface area (TPSA) is 108 Å². The summed E-state index contributed by atoms with van der Waals surface area (Å²) < 4.78 is 0. The van der Waals surface area contributed by atoms with Crippen LogP contribution in [0.2, 0.25) is 0 Å². The monoisotopic (exact) mass is 536 g/mol. The zero-order valence-corrected chi connectivity index (χ0v) is 23.0. The zero-order valence-electron chi connectivity index (χ0n) is 23.0. The Bertz CT molecular complexity index is 1220. The fraction of sp³-hybridized carbons (Fsp3) is 0.533. The first-order valence-corrected chi connectivity index (χ1v) is 14.0. The minimum absolute atomic E-state index is 0.00995. The highest BCUT2D eigenvalue weighted by molar-refractivity contribution is 5.97. The predicted octanol–water partition coefficient (Wildman–Crippen LogP) is 3.04. The van der Waals surface area contributed by atoms with Crippen molar-refractivity contribution in [3.63, 3.8) is 0 Å². The van der Waals surface area contributed by atoms with Crippen LogP contribution in [0.15, 0.2) is 30.3 Å². The maximum atomic E-state index is 13.3. The fourth-order valence-corrected chi connectivity index (χ4v) is 6.27. The molecule has 2 aromatic carbocycles. The molecule has 0 atom stereocenters. The first-order valence-electron chi connectivity index (χ1n) is 14.0. The number of phenols is 2. The predicted molar refractivity (Wildman–Crippen MR) is 148 cm³/mol. The van der Waals surface area contributed by atoms with Gasteiger partial charge in [0, 0.05) is 57.9 Å². The molecule has 3 aliphatic rings. The van der Waals surface area contributed by atoms with Crippen LogP contribution < -0.4 is 0 Å². The Morgan fingerprint density at radius 2 is 1.56 bits per heavy atom. The molecule has 5 rings (SSSR count). The van der Waals surface area contributed by atoms with E-state index in [2.05, 4.69) is 28.0 Å². The third-order valence-corrected chi connectivity index (χ3v) is 8.52. The molecule has 3 heterocycles. The Balaban J connectivity index is 1.14. The van der Waals surface area contributed by atoms with Crippen molar-refractivity contribution >= 4 is 11.9 Å². The third-order valence-electron chi connectivity index (χ3n) is 8.52. The van der Waals surface area contributed by atoms with E-state index >= 15 is 0 Å². The van der Waals surface area contributed by atoms with Crippen LogP contribution in [0, 0.1) is 0 Å². The number of nitrogens with zero attached hydrogens (tertiary/aromatic N) is 4. The third kappa shape index (κ3) is 6.21. The van der Waals surface area contributed by atoms with Crippen molar-refractivity contribution < 1.29 is 24.9 Å². The number of carbonyl (C=O) groups excluding carboxylic acids is 1. The number of rotatable bonds is 7. The zero-order chi connectivity index (χ0) is 27.7. The van der Waals surface area contributed by atoms with Gasteiger partial charge in [0.2, 0.25) is 0 Å². The second-order valence-corrected chi connectivity index (χ2v) is 11.6. The van der Waals surface area contributed by atoms with Gasteiger partial charge in [-0.1, -0.05) is 32.0 Å². The number of benzene rings is 2. The summed E-state index contributed by atoms with van der Waals surface area (Å²) in [6, 6.07) is 9.96. The number of phenolic OH excluding ortho intramolecular Hbond substituents is 2. The maximum absolute atomic E-state index is 13.3. The Morgan fingerprint density at radius 1 is 0.872 bits per heavy atom. The molecule has 9 nitrogen and oxygen atoms in total. The molecule has 3 aliphatic heterocycles. The van der Waals surface area contributed by atoms with Gasteiger partial charge in [0.25, 0.3) is 5.91 Å². The molecule has 0 saturated carbocycles. The summed E-state index contributed by atoms with van der Waals surface area (Å²) in [4.78, 5) is 33.1. The number of piperidine rings is 1. The van der Waals surface area contributed by atoms with E-state index in [9.17, 15) is 19.8 Å². The van der Waals surface area contributed by atoms with Gasteiger partial charge in [-0.3, -0.25) is 24.3 Å². The van der Waals surface area contributed by atoms with E-state index in [-0.39, 0.29) is 35.4 Å². The lowest BCUT2D eigenvalue weighted by molar-refractivity contribution is -0.138. The molecule has 9 heteroatoms. The number of amides is 1. The summed E-state index contributed by atoms with van der Waals surface area (Å²) in [7, 11) is 0. The average molecular weight is 537 g/mol. The van der Waals surface area contributed by atoms with Gasteiger partial charge in [0.1, 0.15) is 11.5 Å². The molecule has 3 N–H and O–H groups in total. The van der Waals surface area contributed by atoms with Crippen LogP contribution in [0.1, 0.15) is 65.2 Å². The number of aromatic hydroxyl groups is 2. The Kier molecular flexibility index (Phi) is 8.11. The van der Waals surface area contributed by atoms with Crippen molar-refractivity contribution in [1.29, 1.82) is 0 Å². The standard InChI is InChI=1S/C30H40N4O5/c1-20(2)25-14-26(28(36)15-27(25)35)30(39)34-17-22-4-3-21(13-23(22)18-34)16-31-7-5-24(6-8-31)33-11-9-32(10-12-33)19-29(37)38/h3-4,13-15,20,24,35-36H,5-12,16-19H2,1-2H3,(H,37,38). The summed E-state index contributed by atoms with van der Waals surface area (Å²) in [6.07, 6.45) is 2.25. The Hall–Kier alpha value is -3.14. The van der Waals surface area contributed by atoms with Crippen molar-refractivity contribution in [2.24, 2.45) is 0 Å². The molecule has 210 valence electrons. The summed E-state index contributed by atoms with van der Waals surface area (Å²) in [5, 5.41) is 29.5. The fourth-order valence-electron chi connectivity index (χ4n) is 6.27. The highest BCUT2D eigenvalue weighted by Gasteiger charge is 2.30. The highest BCUT2D eigenvalue weighted by atomic mass is 16.4. The van der Waals surface area contributed by atoms with Crippen LogP contribution in [0.5, 0.6) is 11.5 Å². The molecule has 1 amide bonds. The van der Waals surface area contributed by atoms with E-state index in [0.717, 1.165) is 69.8 Å². The van der Waals surface area contributed by atoms with Gasteiger partial charge in [0.05, 0.1) is 12.1 Å². The van der Waals surface area contributed by atoms with Crippen LogP contribution in [0.4, 0.5) is 0 Å². The average Bonchev–Trinajstić information content (AvgIpc) is 3.32. The maximum Gasteiger partial charge on any atom is 0.317 e. The van der Waals surface area contributed by atoms with Crippen LogP contribution in [0.25, 0.3) is 0 Å². The van der Waals surface area contributed by atoms with Crippen molar-refractivity contribution in [1.82, 2.24) is 19.6 Å². The molecular formula is C30H40N4O5. The lowest BCUT2D eigenvalue weighted by atomic mass is 9.98. The van der Waals surface area contributed by atoms with Crippen LogP contribution >= 0.6 is 0 Å². The van der Waals surface area contributed by atoms with E-state index < -0.39 is 5.97 Å². The summed E-state index contributed by atoms with van der Waals surface area (Å²) in [5.41, 5.74) is 4.42. The minimum Gasteiger partial charge on any atom is -0.508 e. The molecule has 2 aromatic rings. The minimum atomic E-state index is -0.750. The number of carbonyl (C=O) groups is 2. The SMILES string of the molecule is CC(C)c1cc(C(=O)N2Cc3ccc(CN4CCC(N5CCN(CC(=O)O)CC5)CC4)cc3C2)c(O)cc1O. The lowest BCUT2D eigenvalue weighted by Gasteiger charge is -2.42. The summed E-state index contributed by atoms with van der Waals surface area (Å²) >= 11 is 0. The van der Waals surface area contributed by atoms with Crippen molar-refractivity contribution in [2.45, 2.75) is 58.3 Å². The Labute approximate surface area is 230 Å². The summed E-state index contributed by atoms with van der Waals surface area (Å²) in [5.74, 6) is -1.12. The van der Waals surface area contributed by atoms with E-state index in [0.29, 0.717) is 24.7 Å². The van der Waals surface area contributed by atoms with Crippen molar-refractivity contribution in [2.75, 3.05) is 45.8 Å². The number of aliphatic carboxylic acids is 1. The number of carboxylic acid groups (broad SMARTS) is 1. The van der Waals surface area contributed by atoms with E-state index in [1.807, 2.05) is 18.7 Å². The van der Waals surface area contributed by atoms with Gasteiger partial charge in [-0.25, -0.2) is 0 Å². The van der Waals surface area contributed by atoms with Crippen LogP contribution in [0.3, 0.4) is 0 Å². The van der Waals surface area contributed by atoms with Crippen LogP contribution in [-0.4, -0.2) is 98.7 Å². The molecule has 0 radical (unpaired) electrons. The molecule has 0 aliphatic carbocycles. The number of likely N-dealkylation sites (tertiary alicyclic amines) is 1. The molecule has 2 fully saturated rings. The van der Waals surface area contributed by atoms with Gasteiger partial charge in [-0.15, -0.1) is 0 Å². The van der Waals surface area contributed by atoms with Gasteiger partial charge in [0.15, 0.2) is 0 Å². The number of hydrogen-bond donors (Lipinski definition) is 3. The van der Waals surface area contributed by atoms with Crippen LogP contribution in [-0.2, 0) is 24.4 Å². The normalized spacial score (nSPS) is 19.5. The van der Waals surface area contributed by atoms with E-state index in [1.54, 1.807) is 11.0 Å². The number of carboxylic acids is 1. The van der Waals surface area contributed by atoms with Gasteiger partial charge in [-0.2, -0.15) is 0 Å². The smallest absolute Gasteiger partial charge is 0.317 e. The number of hydrogen-bond acceptors (Lipinski definition) is 7. The second-order valence-electron chi connectivity index (χ2n) is 11.6. The van der Waals surface area contributed by atoms with E-state index in [4.69, 9.17) is 5.11 Å². The number of fused-ring (bicyclic) bond motifs is 1. The molecule has 39 heavy (non-hydrogen) atoms. The number of piperazine rings is 1. The van der Waals surface area contributed by atoms with Crippen molar-refractivity contribution in [3.05, 3.63) is 58.1 Å². The highest BCUT2D eigenvalue weighted by Crippen LogP contribution is 2.34. The first kappa shape index (κ1) is 27.4. The molecule has 0 aromatic heterocycles. The van der Waals surface area contributed by atoms with E-state index in [1.165, 1.54) is 11.6 Å². The van der Waals surface area contributed by atoms with Gasteiger partial charge < -0.3 is 20.2 Å². The molecule has 0 bridgehead atoms. The molecule has 0 spiro atoms. The second kappa shape index (κ2) is 11.5. The quantitative estimate of drug-likeness (QED) is 0.496. The molecule has 0 unspecified atom stereocenters. The summed E-state index contributed by atoms with van der Waals surface area (Å²) in [6.45, 7) is 11.6. The largest absolute Gasteiger partial charge is 0.508 e. The molecular weight excluding hydrogens is 496 g/mol. The first-order chi connectivity index (χ1) is 18.7. The van der Waals surface area contributed by atoms with Crippen molar-refractivity contribution in [3.8, 4) is 11.5 Å². The van der Waals surface area contributed by atoms with Gasteiger partial charge >= 0.3 is 5.97 Å². The lowest BCUT2D eigenvalue weighted by Crippen LogP contribution is -2.53. The Morgan fingerprint density at radius 3 is 2.23 bits per heavy atom. The molecule has 2 saturated heterocycles. The van der Waals surface area contributed by atoms with Gasteiger partial charge in [-0.05, 0) is 60.2 Å².